The predicted octanol–water partition coefficient (Wildman–Crippen LogP) is -1.16. The van der Waals surface area contributed by atoms with E-state index in [2.05, 4.69) is 0 Å². The molecule has 0 fully saturated rings. The fourth-order valence-electron chi connectivity index (χ4n) is 1.84. The summed E-state index contributed by atoms with van der Waals surface area (Å²) < 4.78 is 18.5. The molecule has 0 radical (unpaired) electrons. The lowest BCUT2D eigenvalue weighted by molar-refractivity contribution is 0.0601. The molecular formula is C15H12BN3O6. The Morgan fingerprint density at radius 1 is 0.560 bits per heavy atom. The highest BCUT2D eigenvalue weighted by molar-refractivity contribution is 6.37. The smallest absolute Gasteiger partial charge is 0.393 e. The first-order chi connectivity index (χ1) is 12.1. The molecule has 3 rings (SSSR count). The zero-order valence-electron chi connectivity index (χ0n) is 12.8. The normalized spacial score (nSPS) is 10.1. The standard InChI is InChI=1S/C15H12BN3O6/c20-13-7-1-4-10-17(13)23-16(24-18-11-5-2-8-14(18)21)25-19-12-6-3-9-15(19)22/h1-12H. The second-order valence-corrected chi connectivity index (χ2v) is 4.70. The fourth-order valence-corrected chi connectivity index (χ4v) is 1.84. The van der Waals surface area contributed by atoms with Crippen LogP contribution in [-0.2, 0) is 0 Å². The summed E-state index contributed by atoms with van der Waals surface area (Å²) in [4.78, 5) is 35.3. The molecule has 3 aromatic rings. The third-order valence-electron chi connectivity index (χ3n) is 2.96. The summed E-state index contributed by atoms with van der Waals surface area (Å²) in [5.41, 5.74) is -1.46. The molecule has 0 bridgehead atoms. The van der Waals surface area contributed by atoms with E-state index in [9.17, 15) is 14.4 Å². The fraction of sp³-hybridized carbons (Fsp3) is 0. The van der Waals surface area contributed by atoms with Crippen LogP contribution in [0.1, 0.15) is 0 Å². The summed E-state index contributed by atoms with van der Waals surface area (Å²) >= 11 is 0. The lowest BCUT2D eigenvalue weighted by Gasteiger charge is -2.17. The van der Waals surface area contributed by atoms with Crippen molar-refractivity contribution in [2.75, 3.05) is 0 Å². The van der Waals surface area contributed by atoms with Gasteiger partial charge in [0.05, 0.1) is 0 Å². The molecule has 0 N–H and O–H groups in total. The van der Waals surface area contributed by atoms with Gasteiger partial charge in [0.1, 0.15) is 0 Å². The van der Waals surface area contributed by atoms with Gasteiger partial charge >= 0.3 is 7.32 Å². The summed E-state index contributed by atoms with van der Waals surface area (Å²) in [6.07, 6.45) is 4.01. The number of pyridine rings is 3. The van der Waals surface area contributed by atoms with E-state index in [1.807, 2.05) is 0 Å². The van der Waals surface area contributed by atoms with Crippen molar-refractivity contribution >= 4 is 7.32 Å². The Bertz CT molecular complexity index is 896. The van der Waals surface area contributed by atoms with Gasteiger partial charge in [0.15, 0.2) is 0 Å². The second kappa shape index (κ2) is 7.26. The highest BCUT2D eigenvalue weighted by Gasteiger charge is 2.34. The van der Waals surface area contributed by atoms with Gasteiger partial charge in [0.25, 0.3) is 16.7 Å². The van der Waals surface area contributed by atoms with E-state index < -0.39 is 24.0 Å². The van der Waals surface area contributed by atoms with Crippen molar-refractivity contribution in [1.82, 2.24) is 14.2 Å². The minimum absolute atomic E-state index is 0.486. The molecule has 9 nitrogen and oxygen atoms in total. The molecule has 0 aromatic carbocycles. The summed E-state index contributed by atoms with van der Waals surface area (Å²) in [5, 5.41) is 0. The average Bonchev–Trinajstić information content (AvgIpc) is 2.61. The van der Waals surface area contributed by atoms with Gasteiger partial charge in [0.2, 0.25) is 0 Å². The van der Waals surface area contributed by atoms with Crippen LogP contribution in [0.3, 0.4) is 0 Å². The van der Waals surface area contributed by atoms with Crippen LogP contribution in [0.4, 0.5) is 0 Å². The van der Waals surface area contributed by atoms with E-state index in [4.69, 9.17) is 14.3 Å². The third kappa shape index (κ3) is 3.99. The van der Waals surface area contributed by atoms with E-state index in [-0.39, 0.29) is 0 Å². The molecule has 0 saturated heterocycles. The average molecular weight is 341 g/mol. The predicted molar refractivity (Wildman–Crippen MR) is 87.6 cm³/mol. The minimum atomic E-state index is -1.60. The van der Waals surface area contributed by atoms with Crippen molar-refractivity contribution in [3.8, 4) is 0 Å². The van der Waals surface area contributed by atoms with E-state index >= 15 is 0 Å². The molecule has 10 heteroatoms. The van der Waals surface area contributed by atoms with Gasteiger partial charge < -0.3 is 14.3 Å². The summed E-state index contributed by atoms with van der Waals surface area (Å²) in [7, 11) is -1.60. The molecule has 0 spiro atoms. The van der Waals surface area contributed by atoms with Crippen LogP contribution in [-0.4, -0.2) is 21.5 Å². The van der Waals surface area contributed by atoms with Crippen molar-refractivity contribution in [3.63, 3.8) is 0 Å². The lowest BCUT2D eigenvalue weighted by Crippen LogP contribution is -2.53. The molecule has 0 aliphatic heterocycles. The van der Waals surface area contributed by atoms with E-state index in [0.717, 1.165) is 14.2 Å². The number of hydrogen-bond acceptors (Lipinski definition) is 6. The Balaban J connectivity index is 1.90. The van der Waals surface area contributed by atoms with Crippen LogP contribution >= 0.6 is 0 Å². The Labute approximate surface area is 140 Å². The second-order valence-electron chi connectivity index (χ2n) is 4.70. The molecule has 0 aliphatic carbocycles. The van der Waals surface area contributed by atoms with Crippen LogP contribution in [0, 0.1) is 0 Å². The van der Waals surface area contributed by atoms with Gasteiger partial charge in [-0.05, 0) is 18.2 Å². The molecule has 126 valence electrons. The number of rotatable bonds is 6. The molecule has 0 amide bonds. The minimum Gasteiger partial charge on any atom is -0.393 e. The Morgan fingerprint density at radius 2 is 0.880 bits per heavy atom. The third-order valence-corrected chi connectivity index (χ3v) is 2.96. The number of nitrogens with zero attached hydrogens (tertiary/aromatic N) is 3. The first-order valence-electron chi connectivity index (χ1n) is 7.18. The number of hydrogen-bond donors (Lipinski definition) is 0. The van der Waals surface area contributed by atoms with Crippen LogP contribution in [0.2, 0.25) is 0 Å². The first-order valence-corrected chi connectivity index (χ1v) is 7.18. The maximum Gasteiger partial charge on any atom is 0.926 e. The van der Waals surface area contributed by atoms with Gasteiger partial charge in [0, 0.05) is 36.8 Å². The highest BCUT2D eigenvalue weighted by Crippen LogP contribution is 1.87. The van der Waals surface area contributed by atoms with Crippen LogP contribution in [0.5, 0.6) is 0 Å². The summed E-state index contributed by atoms with van der Waals surface area (Å²) in [6, 6.07) is 13.1. The van der Waals surface area contributed by atoms with Crippen molar-refractivity contribution in [2.24, 2.45) is 0 Å². The van der Waals surface area contributed by atoms with E-state index in [1.54, 1.807) is 18.2 Å². The maximum absolute atomic E-state index is 11.8. The van der Waals surface area contributed by atoms with Crippen molar-refractivity contribution in [2.45, 2.75) is 0 Å². The Morgan fingerprint density at radius 3 is 1.16 bits per heavy atom. The Kier molecular flexibility index (Phi) is 4.70. The molecule has 3 aromatic heterocycles. The van der Waals surface area contributed by atoms with Crippen LogP contribution in [0.15, 0.2) is 87.6 Å². The molecule has 0 saturated carbocycles. The summed E-state index contributed by atoms with van der Waals surface area (Å²) in [5.74, 6) is 0. The Hall–Kier alpha value is -3.69. The maximum atomic E-state index is 11.8. The van der Waals surface area contributed by atoms with Crippen molar-refractivity contribution < 1.29 is 14.3 Å². The largest absolute Gasteiger partial charge is 0.926 e. The van der Waals surface area contributed by atoms with Gasteiger partial charge in [-0.2, -0.15) is 14.2 Å². The van der Waals surface area contributed by atoms with Crippen molar-refractivity contribution in [3.05, 3.63) is 104 Å². The molecule has 0 unspecified atom stereocenters. The first kappa shape index (κ1) is 16.2. The van der Waals surface area contributed by atoms with Gasteiger partial charge in [-0.15, -0.1) is 0 Å². The lowest BCUT2D eigenvalue weighted by atomic mass is 10.3. The quantitative estimate of drug-likeness (QED) is 0.525. The number of aromatic nitrogens is 3. The van der Waals surface area contributed by atoms with E-state index in [0.29, 0.717) is 0 Å². The molecular weight excluding hydrogens is 329 g/mol. The van der Waals surface area contributed by atoms with Gasteiger partial charge in [-0.3, -0.25) is 14.4 Å². The van der Waals surface area contributed by atoms with E-state index in [1.165, 1.54) is 55.0 Å². The molecule has 25 heavy (non-hydrogen) atoms. The molecule has 0 atom stereocenters. The van der Waals surface area contributed by atoms with Gasteiger partial charge in [-0.25, -0.2) is 0 Å². The van der Waals surface area contributed by atoms with Crippen LogP contribution < -0.4 is 30.9 Å². The molecule has 0 aliphatic rings. The highest BCUT2D eigenvalue weighted by atomic mass is 16.9. The zero-order valence-corrected chi connectivity index (χ0v) is 12.8. The van der Waals surface area contributed by atoms with Crippen molar-refractivity contribution in [1.29, 1.82) is 0 Å². The summed E-state index contributed by atoms with van der Waals surface area (Å²) in [6.45, 7) is 0. The monoisotopic (exact) mass is 341 g/mol. The zero-order chi connectivity index (χ0) is 17.6. The van der Waals surface area contributed by atoms with Crippen LogP contribution in [0.25, 0.3) is 0 Å². The van der Waals surface area contributed by atoms with Gasteiger partial charge in [-0.1, -0.05) is 18.2 Å². The SMILES string of the molecule is O=c1ccccn1OB(On1ccccc1=O)On1ccccc1=O. The molecule has 3 heterocycles. The topological polar surface area (TPSA) is 93.7 Å².